The fraction of sp³-hybridized carbons (Fsp3) is 0.242. The second-order valence-corrected chi connectivity index (χ2v) is 37.6. The molecule has 27 heteroatoms. The summed E-state index contributed by atoms with van der Waals surface area (Å²) >= 11 is 0. The number of imidazole rings is 3. The molecule has 0 bridgehead atoms. The van der Waals surface area contributed by atoms with Crippen LogP contribution in [-0.4, -0.2) is 129 Å². The minimum Gasteiger partial charge on any atom is -0.497 e. The summed E-state index contributed by atoms with van der Waals surface area (Å²) in [5, 5.41) is 3.52. The number of ether oxygens (including phenoxy) is 6. The third-order valence-electron chi connectivity index (χ3n) is 22.5. The summed E-state index contributed by atoms with van der Waals surface area (Å²) in [4.78, 5) is 26.5. The second kappa shape index (κ2) is 39.1. The van der Waals surface area contributed by atoms with Crippen molar-refractivity contribution in [3.05, 3.63) is 306 Å². The number of aromatic nitrogens is 6. The molecular formula is C99H108N12O12S3. The number of hydrogen-bond acceptors (Lipinski definition) is 21. The van der Waals surface area contributed by atoms with Crippen molar-refractivity contribution in [2.24, 2.45) is 21.1 Å². The Balaban J connectivity index is 0.000000162. The van der Waals surface area contributed by atoms with Gasteiger partial charge < -0.3 is 71.9 Å². The third-order valence-corrected chi connectivity index (χ3v) is 26.5. The van der Waals surface area contributed by atoms with Crippen molar-refractivity contribution in [1.29, 1.82) is 0 Å². The number of aryl methyl sites for hydroxylation is 6. The minimum atomic E-state index is -3.30. The smallest absolute Gasteiger partial charge is 0.178 e. The Kier molecular flexibility index (Phi) is 28.0. The van der Waals surface area contributed by atoms with Crippen LogP contribution in [0.4, 0.5) is 51.2 Å². The molecule has 15 rings (SSSR count). The van der Waals surface area contributed by atoms with Gasteiger partial charge >= 0.3 is 0 Å². The molecule has 0 unspecified atom stereocenters. The van der Waals surface area contributed by atoms with Crippen molar-refractivity contribution in [1.82, 2.24) is 28.7 Å². The first-order valence-corrected chi connectivity index (χ1v) is 46.4. The van der Waals surface area contributed by atoms with Crippen LogP contribution in [0.1, 0.15) is 57.0 Å². The lowest BCUT2D eigenvalue weighted by molar-refractivity contribution is 0.414. The molecule has 0 aliphatic heterocycles. The molecule has 126 heavy (non-hydrogen) atoms. The molecule has 0 spiro atoms. The van der Waals surface area contributed by atoms with Gasteiger partial charge in [-0.15, -0.1) is 0 Å². The highest BCUT2D eigenvalue weighted by Gasteiger charge is 2.25. The van der Waals surface area contributed by atoms with Gasteiger partial charge in [0.1, 0.15) is 51.0 Å². The zero-order valence-electron chi connectivity index (χ0n) is 74.2. The fourth-order valence-electron chi connectivity index (χ4n) is 15.2. The lowest BCUT2D eigenvalue weighted by Gasteiger charge is -2.29. The standard InChI is InChI=1S/C34H38N4O4S.C33H36N4O4S.C32H34N4O4S/c1-7-43(39,40)30-16-17-31(24(2)18-30)37(4)27-19-32-34(35-23-36(32)3)33(20-27)38(21-25-8-12-28(41-5)13-9-25)22-26-10-14-29(42-6)15-11-26;1-23-17-29(42(6,38)39)15-16-30(23)36(3)26-18-31-33(34-22-35(31)2)32(19-26)37(20-24-7-11-27(40-4)12-8-24)21-25-9-13-28(41-5)14-10-25;1-22-16-28(41(5,37)38)14-15-29(22)34-25-17-30-32(33-21-35(30)2)31(18-25)36(19-23-6-10-26(39-3)11-7-23)20-24-8-12-27(40-4)13-9-24/h8-20,23H,7,21-22H2,1-6H3;7-19,22H,20-21H2,1-6H3;6-18,21,34H,19-20H2,1-5H3. The van der Waals surface area contributed by atoms with E-state index in [0.29, 0.717) is 54.0 Å². The number of anilines is 9. The number of fused-ring (bicyclic) bond motifs is 3. The second-order valence-electron chi connectivity index (χ2n) is 31.3. The van der Waals surface area contributed by atoms with Crippen LogP contribution in [0.2, 0.25) is 0 Å². The van der Waals surface area contributed by atoms with E-state index in [0.717, 1.165) is 169 Å². The Morgan fingerprint density at radius 2 is 0.595 bits per heavy atom. The maximum Gasteiger partial charge on any atom is 0.178 e. The van der Waals surface area contributed by atoms with Gasteiger partial charge in [0.25, 0.3) is 0 Å². The van der Waals surface area contributed by atoms with E-state index in [1.807, 2.05) is 180 Å². The number of rotatable bonds is 31. The van der Waals surface area contributed by atoms with E-state index in [9.17, 15) is 25.3 Å². The number of sulfone groups is 3. The van der Waals surface area contributed by atoms with E-state index < -0.39 is 29.5 Å². The van der Waals surface area contributed by atoms with Crippen molar-refractivity contribution in [2.75, 3.05) is 105 Å². The molecule has 0 aliphatic rings. The van der Waals surface area contributed by atoms with Gasteiger partial charge in [-0.2, -0.15) is 0 Å². The zero-order valence-corrected chi connectivity index (χ0v) is 76.7. The highest BCUT2D eigenvalue weighted by Crippen LogP contribution is 2.42. The van der Waals surface area contributed by atoms with E-state index in [-0.39, 0.29) is 5.75 Å². The number of methoxy groups -OCH3 is 6. The number of benzene rings is 12. The first-order valence-electron chi connectivity index (χ1n) is 40.9. The van der Waals surface area contributed by atoms with Crippen LogP contribution < -0.4 is 58.2 Å². The summed E-state index contributed by atoms with van der Waals surface area (Å²) < 4.78 is 112. The fourth-order valence-corrected chi connectivity index (χ4v) is 17.6. The highest BCUT2D eigenvalue weighted by molar-refractivity contribution is 7.91. The van der Waals surface area contributed by atoms with Crippen molar-refractivity contribution in [3.8, 4) is 34.5 Å². The van der Waals surface area contributed by atoms with Crippen LogP contribution in [0.15, 0.2) is 270 Å². The molecule has 1 N–H and O–H groups in total. The summed E-state index contributed by atoms with van der Waals surface area (Å²) in [6.07, 6.45) is 7.95. The number of nitrogens with one attached hydrogen (secondary N) is 1. The van der Waals surface area contributed by atoms with Crippen LogP contribution in [0, 0.1) is 20.8 Å². The SMILES string of the molecule is CCS(=O)(=O)c1ccc(N(C)c2cc(N(Cc3ccc(OC)cc3)Cc3ccc(OC)cc3)c3ncn(C)c3c2)c(C)c1.COc1ccc(CN(Cc2ccc(OC)cc2)c2cc(N(C)c3ccc(S(C)(=O)=O)cc3C)cc3c2ncn3C)cc1.COc1ccc(CN(Cc2ccc(OC)cc2)c2cc(Nc3ccc(S(C)(=O)=O)cc3C)cc3c2ncn3C)cc1. The molecule has 0 amide bonds. The molecule has 15 aromatic rings. The number of hydrogen-bond donors (Lipinski definition) is 1. The molecule has 3 aromatic heterocycles. The summed E-state index contributed by atoms with van der Waals surface area (Å²) in [6.45, 7) is 11.3. The van der Waals surface area contributed by atoms with Crippen LogP contribution in [-0.2, 0) is 89.9 Å². The Morgan fingerprint density at radius 1 is 0.325 bits per heavy atom. The monoisotopic (exact) mass is 1750 g/mol. The summed E-state index contributed by atoms with van der Waals surface area (Å²) in [5.74, 6) is 4.95. The Morgan fingerprint density at radius 3 is 0.873 bits per heavy atom. The summed E-state index contributed by atoms with van der Waals surface area (Å²) in [7, 11) is 10.1. The average molecular weight is 1750 g/mol. The predicted molar refractivity (Wildman–Crippen MR) is 507 cm³/mol. The van der Waals surface area contributed by atoms with Gasteiger partial charge in [-0.1, -0.05) is 79.7 Å². The quantitative estimate of drug-likeness (QED) is 0.0425. The third kappa shape index (κ3) is 21.3. The molecule has 0 atom stereocenters. The minimum absolute atomic E-state index is 0.0698. The van der Waals surface area contributed by atoms with E-state index in [2.05, 4.69) is 139 Å². The lowest BCUT2D eigenvalue weighted by atomic mass is 10.1. The van der Waals surface area contributed by atoms with E-state index in [1.165, 1.54) is 12.5 Å². The Hall–Kier alpha value is -13.5. The first kappa shape index (κ1) is 90.2. The van der Waals surface area contributed by atoms with Gasteiger partial charge in [0.2, 0.25) is 0 Å². The predicted octanol–water partition coefficient (Wildman–Crippen LogP) is 19.2. The van der Waals surface area contributed by atoms with Gasteiger partial charge in [-0.3, -0.25) is 0 Å². The summed E-state index contributed by atoms with van der Waals surface area (Å²) in [6, 6.07) is 77.1. The highest BCUT2D eigenvalue weighted by atomic mass is 32.2. The topological polar surface area (TPSA) is 239 Å². The lowest BCUT2D eigenvalue weighted by Crippen LogP contribution is -2.23. The molecule has 0 fully saturated rings. The van der Waals surface area contributed by atoms with E-state index in [4.69, 9.17) is 43.4 Å². The van der Waals surface area contributed by atoms with Gasteiger partial charge in [-0.05, 0) is 235 Å². The van der Waals surface area contributed by atoms with E-state index >= 15 is 0 Å². The molecule has 0 saturated carbocycles. The van der Waals surface area contributed by atoms with Crippen LogP contribution in [0.3, 0.4) is 0 Å². The molecule has 24 nitrogen and oxygen atoms in total. The molecule has 0 saturated heterocycles. The van der Waals surface area contributed by atoms with Gasteiger partial charge in [0, 0.05) is 121 Å². The summed E-state index contributed by atoms with van der Waals surface area (Å²) in [5.41, 5.74) is 23.6. The van der Waals surface area contributed by atoms with Gasteiger partial charge in [0.15, 0.2) is 29.5 Å². The maximum absolute atomic E-state index is 12.5. The van der Waals surface area contributed by atoms with Gasteiger partial charge in [0.05, 0.1) is 116 Å². The van der Waals surface area contributed by atoms with Crippen LogP contribution in [0.5, 0.6) is 34.5 Å². The maximum atomic E-state index is 12.5. The molecule has 0 aliphatic carbocycles. The molecule has 654 valence electrons. The first-order chi connectivity index (χ1) is 60.3. The van der Waals surface area contributed by atoms with Crippen LogP contribution in [0.25, 0.3) is 33.1 Å². The Labute approximate surface area is 739 Å². The Bertz CT molecular complexity index is 6560. The molecule has 0 radical (unpaired) electrons. The van der Waals surface area contributed by atoms with Crippen molar-refractivity contribution < 1.29 is 53.7 Å². The molecule has 3 heterocycles. The van der Waals surface area contributed by atoms with Crippen molar-refractivity contribution in [2.45, 2.75) is 81.6 Å². The van der Waals surface area contributed by atoms with Crippen molar-refractivity contribution >= 4 is 114 Å². The van der Waals surface area contributed by atoms with Gasteiger partial charge in [-0.25, -0.2) is 40.2 Å². The molecular weight excluding hydrogens is 1650 g/mol. The van der Waals surface area contributed by atoms with E-state index in [1.54, 1.807) is 86.0 Å². The largest absolute Gasteiger partial charge is 0.497 e. The average Bonchev–Trinajstić information content (AvgIpc) is 1.48. The molecule has 12 aromatic carbocycles. The normalized spacial score (nSPS) is 11.5. The van der Waals surface area contributed by atoms with Crippen LogP contribution >= 0.6 is 0 Å². The zero-order chi connectivity index (χ0) is 89.9. The number of nitrogens with zero attached hydrogens (tertiary/aromatic N) is 11. The van der Waals surface area contributed by atoms with Crippen molar-refractivity contribution in [3.63, 3.8) is 0 Å².